The van der Waals surface area contributed by atoms with E-state index in [2.05, 4.69) is 15.0 Å². The van der Waals surface area contributed by atoms with Crippen LogP contribution < -0.4 is 4.74 Å². The van der Waals surface area contributed by atoms with Gasteiger partial charge < -0.3 is 9.15 Å². The van der Waals surface area contributed by atoms with E-state index in [0.717, 1.165) is 5.39 Å². The summed E-state index contributed by atoms with van der Waals surface area (Å²) in [6.45, 7) is 0.263. The molecule has 0 N–H and O–H groups in total. The van der Waals surface area contributed by atoms with Crippen LogP contribution in [0.1, 0.15) is 5.89 Å². The lowest BCUT2D eigenvalue weighted by Gasteiger charge is -2.04. The summed E-state index contributed by atoms with van der Waals surface area (Å²) >= 11 is 5.93. The zero-order valence-electron chi connectivity index (χ0n) is 9.21. The van der Waals surface area contributed by atoms with Crippen LogP contribution in [-0.4, -0.2) is 15.0 Å². The van der Waals surface area contributed by atoms with Gasteiger partial charge in [0.1, 0.15) is 17.5 Å². The number of hydrogen-bond donors (Lipinski definition) is 0. The molecule has 18 heavy (non-hydrogen) atoms. The molecule has 0 amide bonds. The molecular weight excluding hydrogens is 254 g/mol. The SMILES string of the molecule is Clc1nccc2cc(OCc3ncco3)cnc12. The van der Waals surface area contributed by atoms with Crippen molar-refractivity contribution in [3.63, 3.8) is 0 Å². The van der Waals surface area contributed by atoms with Crippen molar-refractivity contribution in [2.75, 3.05) is 0 Å². The van der Waals surface area contributed by atoms with Crippen LogP contribution in [0.25, 0.3) is 10.9 Å². The molecule has 0 fully saturated rings. The van der Waals surface area contributed by atoms with Gasteiger partial charge in [0.25, 0.3) is 0 Å². The van der Waals surface area contributed by atoms with Gasteiger partial charge in [-0.1, -0.05) is 11.6 Å². The van der Waals surface area contributed by atoms with Gasteiger partial charge in [-0.15, -0.1) is 0 Å². The molecule has 0 spiro atoms. The molecule has 90 valence electrons. The van der Waals surface area contributed by atoms with Crippen LogP contribution in [0.5, 0.6) is 5.75 Å². The van der Waals surface area contributed by atoms with Gasteiger partial charge in [0.2, 0.25) is 5.89 Å². The van der Waals surface area contributed by atoms with Crippen molar-refractivity contribution >= 4 is 22.5 Å². The van der Waals surface area contributed by atoms with E-state index in [1.165, 1.54) is 6.26 Å². The predicted octanol–water partition coefficient (Wildman–Crippen LogP) is 2.85. The van der Waals surface area contributed by atoms with Gasteiger partial charge >= 0.3 is 0 Å². The Kier molecular flexibility index (Phi) is 2.82. The zero-order valence-corrected chi connectivity index (χ0v) is 9.96. The summed E-state index contributed by atoms with van der Waals surface area (Å²) in [4.78, 5) is 12.1. The van der Waals surface area contributed by atoms with Gasteiger partial charge in [-0.2, -0.15) is 0 Å². The maximum absolute atomic E-state index is 5.93. The van der Waals surface area contributed by atoms with Crippen molar-refractivity contribution in [1.29, 1.82) is 0 Å². The third-order valence-electron chi connectivity index (χ3n) is 2.38. The third-order valence-corrected chi connectivity index (χ3v) is 2.65. The second kappa shape index (κ2) is 4.62. The Bertz CT molecular complexity index is 670. The Labute approximate surface area is 107 Å². The highest BCUT2D eigenvalue weighted by atomic mass is 35.5. The third kappa shape index (κ3) is 2.12. The van der Waals surface area contributed by atoms with Crippen LogP contribution in [-0.2, 0) is 6.61 Å². The molecule has 0 atom stereocenters. The van der Waals surface area contributed by atoms with E-state index in [4.69, 9.17) is 20.8 Å². The fraction of sp³-hybridized carbons (Fsp3) is 0.0833. The predicted molar refractivity (Wildman–Crippen MR) is 65.4 cm³/mol. The Morgan fingerprint density at radius 2 is 2.17 bits per heavy atom. The van der Waals surface area contributed by atoms with Crippen molar-refractivity contribution in [3.8, 4) is 5.75 Å². The number of aromatic nitrogens is 3. The van der Waals surface area contributed by atoms with Gasteiger partial charge in [-0.3, -0.25) is 0 Å². The summed E-state index contributed by atoms with van der Waals surface area (Å²) in [6, 6.07) is 3.67. The van der Waals surface area contributed by atoms with E-state index < -0.39 is 0 Å². The first kappa shape index (κ1) is 11.0. The van der Waals surface area contributed by atoms with Crippen molar-refractivity contribution in [2.24, 2.45) is 0 Å². The smallest absolute Gasteiger partial charge is 0.232 e. The van der Waals surface area contributed by atoms with Crippen LogP contribution in [0, 0.1) is 0 Å². The number of halogens is 1. The van der Waals surface area contributed by atoms with Gasteiger partial charge in [0.15, 0.2) is 11.8 Å². The average molecular weight is 262 g/mol. The summed E-state index contributed by atoms with van der Waals surface area (Å²) < 4.78 is 10.6. The van der Waals surface area contributed by atoms with Crippen LogP contribution >= 0.6 is 11.6 Å². The Morgan fingerprint density at radius 1 is 1.22 bits per heavy atom. The maximum atomic E-state index is 5.93. The zero-order chi connectivity index (χ0) is 12.4. The summed E-state index contributed by atoms with van der Waals surface area (Å²) in [7, 11) is 0. The van der Waals surface area contributed by atoms with Crippen LogP contribution in [0.3, 0.4) is 0 Å². The van der Waals surface area contributed by atoms with Gasteiger partial charge in [-0.25, -0.2) is 15.0 Å². The Balaban J connectivity index is 1.85. The highest BCUT2D eigenvalue weighted by molar-refractivity contribution is 6.33. The van der Waals surface area contributed by atoms with E-state index in [0.29, 0.717) is 22.3 Å². The number of rotatable bonds is 3. The van der Waals surface area contributed by atoms with Crippen LogP contribution in [0.4, 0.5) is 0 Å². The molecule has 0 unspecified atom stereocenters. The minimum atomic E-state index is 0.263. The molecule has 5 nitrogen and oxygen atoms in total. The number of ether oxygens (including phenoxy) is 1. The number of fused-ring (bicyclic) bond motifs is 1. The maximum Gasteiger partial charge on any atom is 0.232 e. The lowest BCUT2D eigenvalue weighted by molar-refractivity contribution is 0.262. The van der Waals surface area contributed by atoms with Crippen molar-refractivity contribution < 1.29 is 9.15 Å². The normalized spacial score (nSPS) is 10.7. The van der Waals surface area contributed by atoms with E-state index in [-0.39, 0.29) is 6.61 Å². The minimum Gasteiger partial charge on any atom is -0.482 e. The molecule has 0 bridgehead atoms. The molecule has 3 rings (SSSR count). The summed E-state index contributed by atoms with van der Waals surface area (Å²) in [5.41, 5.74) is 0.655. The number of pyridine rings is 2. The molecule has 0 radical (unpaired) electrons. The van der Waals surface area contributed by atoms with E-state index in [9.17, 15) is 0 Å². The van der Waals surface area contributed by atoms with Crippen molar-refractivity contribution in [1.82, 2.24) is 15.0 Å². The number of nitrogens with zero attached hydrogens (tertiary/aromatic N) is 3. The first-order valence-corrected chi connectivity index (χ1v) is 5.62. The number of oxazole rings is 1. The number of hydrogen-bond acceptors (Lipinski definition) is 5. The summed E-state index contributed by atoms with van der Waals surface area (Å²) in [5.74, 6) is 1.14. The largest absolute Gasteiger partial charge is 0.482 e. The highest BCUT2D eigenvalue weighted by Gasteiger charge is 2.04. The monoisotopic (exact) mass is 261 g/mol. The molecule has 0 aromatic carbocycles. The molecule has 0 saturated carbocycles. The average Bonchev–Trinajstić information content (AvgIpc) is 2.90. The quantitative estimate of drug-likeness (QED) is 0.679. The molecule has 6 heteroatoms. The molecule has 0 aliphatic heterocycles. The summed E-state index contributed by atoms with van der Waals surface area (Å²) in [5, 5.41) is 1.26. The van der Waals surface area contributed by atoms with Gasteiger partial charge in [-0.05, 0) is 12.1 Å². The minimum absolute atomic E-state index is 0.263. The van der Waals surface area contributed by atoms with E-state index in [1.54, 1.807) is 18.6 Å². The fourth-order valence-electron chi connectivity index (χ4n) is 1.55. The molecule has 3 aromatic rings. The molecule has 0 aliphatic carbocycles. The van der Waals surface area contributed by atoms with Crippen LogP contribution in [0.2, 0.25) is 5.15 Å². The molecule has 0 aliphatic rings. The first-order valence-electron chi connectivity index (χ1n) is 5.24. The Hall–Kier alpha value is -2.14. The molecule has 3 heterocycles. The highest BCUT2D eigenvalue weighted by Crippen LogP contribution is 2.22. The Morgan fingerprint density at radius 3 is 3.00 bits per heavy atom. The van der Waals surface area contributed by atoms with E-state index >= 15 is 0 Å². The standard InChI is InChI=1S/C12H8ClN3O2/c13-12-11-8(1-2-15-12)5-9(6-16-11)18-7-10-14-3-4-17-10/h1-6H,7H2. The van der Waals surface area contributed by atoms with E-state index in [1.807, 2.05) is 12.1 Å². The van der Waals surface area contributed by atoms with Crippen LogP contribution in [0.15, 0.2) is 41.4 Å². The van der Waals surface area contributed by atoms with Crippen molar-refractivity contribution in [2.45, 2.75) is 6.61 Å². The molecule has 0 saturated heterocycles. The van der Waals surface area contributed by atoms with Crippen molar-refractivity contribution in [3.05, 3.63) is 48.0 Å². The second-order valence-corrected chi connectivity index (χ2v) is 3.92. The lowest BCUT2D eigenvalue weighted by Crippen LogP contribution is -1.96. The molecule has 3 aromatic heterocycles. The fourth-order valence-corrected chi connectivity index (χ4v) is 1.77. The molecular formula is C12H8ClN3O2. The second-order valence-electron chi connectivity index (χ2n) is 3.56. The summed E-state index contributed by atoms with van der Waals surface area (Å²) in [6.07, 6.45) is 6.30. The topological polar surface area (TPSA) is 61.0 Å². The van der Waals surface area contributed by atoms with Gasteiger partial charge in [0.05, 0.1) is 12.4 Å². The van der Waals surface area contributed by atoms with Gasteiger partial charge in [0, 0.05) is 11.6 Å². The lowest BCUT2D eigenvalue weighted by atomic mass is 10.2. The first-order chi connectivity index (χ1) is 8.83.